The third kappa shape index (κ3) is 7.16. The summed E-state index contributed by atoms with van der Waals surface area (Å²) in [5, 5.41) is 21.7. The van der Waals surface area contributed by atoms with Gasteiger partial charge in [-0.25, -0.2) is 0 Å². The van der Waals surface area contributed by atoms with Crippen LogP contribution in [-0.4, -0.2) is 115 Å². The summed E-state index contributed by atoms with van der Waals surface area (Å²) in [6.45, 7) is 8.34. The SMILES string of the molecule is CC(=O)NCCCCN1CCN(CC(=O)O)CCN(C2COC2O)CC1. The van der Waals surface area contributed by atoms with Crippen LogP contribution in [0, 0.1) is 0 Å². The Hall–Kier alpha value is -1.26. The lowest BCUT2D eigenvalue weighted by Gasteiger charge is -2.41. The van der Waals surface area contributed by atoms with Gasteiger partial charge >= 0.3 is 5.97 Å². The summed E-state index contributed by atoms with van der Waals surface area (Å²) in [6, 6.07) is 0.00129. The minimum absolute atomic E-state index is 0.00129. The van der Waals surface area contributed by atoms with E-state index in [-0.39, 0.29) is 18.5 Å². The number of ether oxygens (including phenoxy) is 1. The van der Waals surface area contributed by atoms with Gasteiger partial charge in [0.2, 0.25) is 5.91 Å². The molecule has 0 aromatic heterocycles. The number of aliphatic hydroxyl groups is 1. The molecule has 0 radical (unpaired) electrons. The Bertz CT molecular complexity index is 464. The highest BCUT2D eigenvalue weighted by molar-refractivity contribution is 5.72. The number of nitrogens with one attached hydrogen (secondary N) is 1. The molecule has 0 bridgehead atoms. The lowest BCUT2D eigenvalue weighted by Crippen LogP contribution is -2.58. The van der Waals surface area contributed by atoms with Gasteiger partial charge in [-0.3, -0.25) is 19.4 Å². The second-order valence-electron chi connectivity index (χ2n) is 7.03. The lowest BCUT2D eigenvalue weighted by molar-refractivity contribution is -0.238. The van der Waals surface area contributed by atoms with Crippen molar-refractivity contribution in [2.24, 2.45) is 0 Å². The monoisotopic (exact) mass is 372 g/mol. The first-order valence-corrected chi connectivity index (χ1v) is 9.40. The van der Waals surface area contributed by atoms with Crippen molar-refractivity contribution in [3.8, 4) is 0 Å². The van der Waals surface area contributed by atoms with Crippen LogP contribution >= 0.6 is 0 Å². The summed E-state index contributed by atoms with van der Waals surface area (Å²) in [5.74, 6) is -0.821. The molecular weight excluding hydrogens is 340 g/mol. The summed E-state index contributed by atoms with van der Waals surface area (Å²) in [4.78, 5) is 28.5. The third-order valence-electron chi connectivity index (χ3n) is 5.01. The summed E-state index contributed by atoms with van der Waals surface area (Å²) >= 11 is 0. The van der Waals surface area contributed by atoms with Crippen LogP contribution in [0.2, 0.25) is 0 Å². The number of rotatable bonds is 8. The van der Waals surface area contributed by atoms with E-state index in [0.29, 0.717) is 19.7 Å². The Balaban J connectivity index is 1.85. The average molecular weight is 372 g/mol. The van der Waals surface area contributed by atoms with Crippen LogP contribution in [0.15, 0.2) is 0 Å². The normalized spacial score (nSPS) is 26.4. The number of carbonyl (C=O) groups is 2. The zero-order chi connectivity index (χ0) is 18.9. The lowest BCUT2D eigenvalue weighted by atomic mass is 10.2. The number of hydrogen-bond acceptors (Lipinski definition) is 7. The van der Waals surface area contributed by atoms with E-state index in [2.05, 4.69) is 15.1 Å². The van der Waals surface area contributed by atoms with Crippen LogP contribution in [0.25, 0.3) is 0 Å². The summed E-state index contributed by atoms with van der Waals surface area (Å²) in [6.07, 6.45) is 1.16. The van der Waals surface area contributed by atoms with Crippen LogP contribution in [0.1, 0.15) is 19.8 Å². The molecule has 26 heavy (non-hydrogen) atoms. The molecule has 0 aliphatic carbocycles. The predicted molar refractivity (Wildman–Crippen MR) is 95.8 cm³/mol. The first-order valence-electron chi connectivity index (χ1n) is 9.40. The Morgan fingerprint density at radius 3 is 2.31 bits per heavy atom. The smallest absolute Gasteiger partial charge is 0.317 e. The number of aliphatic carboxylic acids is 1. The van der Waals surface area contributed by atoms with Gasteiger partial charge in [-0.1, -0.05) is 0 Å². The number of nitrogens with zero attached hydrogens (tertiary/aromatic N) is 3. The van der Waals surface area contributed by atoms with Crippen molar-refractivity contribution >= 4 is 11.9 Å². The molecule has 2 aliphatic heterocycles. The molecule has 2 heterocycles. The maximum atomic E-state index is 11.1. The van der Waals surface area contributed by atoms with Crippen LogP contribution in [0.3, 0.4) is 0 Å². The molecule has 0 aromatic rings. The number of carboxylic acid groups (broad SMARTS) is 1. The highest BCUT2D eigenvalue weighted by Crippen LogP contribution is 2.17. The third-order valence-corrected chi connectivity index (χ3v) is 5.01. The second kappa shape index (κ2) is 10.8. The zero-order valence-corrected chi connectivity index (χ0v) is 15.6. The fourth-order valence-corrected chi connectivity index (χ4v) is 3.34. The van der Waals surface area contributed by atoms with Crippen LogP contribution in [-0.2, 0) is 14.3 Å². The topological polar surface area (TPSA) is 106 Å². The molecule has 2 unspecified atom stereocenters. The van der Waals surface area contributed by atoms with E-state index in [1.807, 2.05) is 4.90 Å². The number of carbonyl (C=O) groups excluding carboxylic acids is 1. The first-order chi connectivity index (χ1) is 12.5. The highest BCUT2D eigenvalue weighted by Gasteiger charge is 2.35. The second-order valence-corrected chi connectivity index (χ2v) is 7.03. The molecule has 2 aliphatic rings. The molecule has 2 atom stereocenters. The largest absolute Gasteiger partial charge is 0.480 e. The molecular formula is C17H32N4O5. The van der Waals surface area contributed by atoms with E-state index in [4.69, 9.17) is 9.84 Å². The van der Waals surface area contributed by atoms with Crippen molar-refractivity contribution in [3.05, 3.63) is 0 Å². The summed E-state index contributed by atoms with van der Waals surface area (Å²) in [7, 11) is 0. The van der Waals surface area contributed by atoms with E-state index in [0.717, 1.165) is 52.1 Å². The number of aliphatic hydroxyl groups excluding tert-OH is 1. The van der Waals surface area contributed by atoms with Crippen LogP contribution in [0.5, 0.6) is 0 Å². The molecule has 3 N–H and O–H groups in total. The molecule has 9 heteroatoms. The molecule has 0 spiro atoms. The maximum Gasteiger partial charge on any atom is 0.317 e. The number of unbranched alkanes of at least 4 members (excludes halogenated alkanes) is 1. The maximum absolute atomic E-state index is 11.1. The van der Waals surface area contributed by atoms with E-state index in [9.17, 15) is 14.7 Å². The minimum atomic E-state index is -0.815. The quantitative estimate of drug-likeness (QED) is 0.448. The standard InChI is InChI=1S/C17H32N4O5/c1-14(22)18-4-2-3-5-19-6-7-20(12-16(23)24)9-11-21(10-8-19)15-13-26-17(15)25/h15,17,25H,2-13H2,1H3,(H,18,22)(H,23,24). The van der Waals surface area contributed by atoms with E-state index in [1.54, 1.807) is 0 Å². The molecule has 9 nitrogen and oxygen atoms in total. The van der Waals surface area contributed by atoms with Gasteiger partial charge in [0.05, 0.1) is 19.2 Å². The summed E-state index contributed by atoms with van der Waals surface area (Å²) < 4.78 is 5.09. The number of carboxylic acids is 1. The zero-order valence-electron chi connectivity index (χ0n) is 15.6. The van der Waals surface area contributed by atoms with Gasteiger partial charge in [0.1, 0.15) is 0 Å². The van der Waals surface area contributed by atoms with Crippen molar-refractivity contribution in [3.63, 3.8) is 0 Å². The fraction of sp³-hybridized carbons (Fsp3) is 0.882. The Morgan fingerprint density at radius 2 is 1.73 bits per heavy atom. The molecule has 1 amide bonds. The minimum Gasteiger partial charge on any atom is -0.480 e. The van der Waals surface area contributed by atoms with Crippen molar-refractivity contribution in [1.82, 2.24) is 20.0 Å². The van der Waals surface area contributed by atoms with Crippen molar-refractivity contribution < 1.29 is 24.5 Å². The van der Waals surface area contributed by atoms with Crippen molar-refractivity contribution in [2.45, 2.75) is 32.1 Å². The highest BCUT2D eigenvalue weighted by atomic mass is 16.6. The van der Waals surface area contributed by atoms with Gasteiger partial charge in [0.25, 0.3) is 0 Å². The number of hydrogen-bond donors (Lipinski definition) is 3. The molecule has 2 fully saturated rings. The predicted octanol–water partition coefficient (Wildman–Crippen LogP) is -1.38. The first kappa shape index (κ1) is 21.0. The van der Waals surface area contributed by atoms with Crippen molar-refractivity contribution in [2.75, 3.05) is 65.5 Å². The van der Waals surface area contributed by atoms with Gasteiger partial charge < -0.3 is 25.2 Å². The average Bonchev–Trinajstić information content (AvgIpc) is 2.65. The molecule has 0 saturated carbocycles. The van der Waals surface area contributed by atoms with Crippen molar-refractivity contribution in [1.29, 1.82) is 0 Å². The molecule has 2 saturated heterocycles. The Morgan fingerprint density at radius 1 is 1.08 bits per heavy atom. The number of amides is 1. The van der Waals surface area contributed by atoms with Gasteiger partial charge in [0.15, 0.2) is 6.29 Å². The van der Waals surface area contributed by atoms with Gasteiger partial charge in [-0.2, -0.15) is 0 Å². The van der Waals surface area contributed by atoms with Crippen LogP contribution < -0.4 is 5.32 Å². The van der Waals surface area contributed by atoms with Gasteiger partial charge in [0, 0.05) is 52.7 Å². The molecule has 2 rings (SSSR count). The van der Waals surface area contributed by atoms with Gasteiger partial charge in [-0.15, -0.1) is 0 Å². The Kier molecular flexibility index (Phi) is 8.73. The van der Waals surface area contributed by atoms with E-state index < -0.39 is 12.3 Å². The fourth-order valence-electron chi connectivity index (χ4n) is 3.34. The van der Waals surface area contributed by atoms with Gasteiger partial charge in [-0.05, 0) is 19.4 Å². The molecule has 0 aromatic carbocycles. The van der Waals surface area contributed by atoms with E-state index >= 15 is 0 Å². The van der Waals surface area contributed by atoms with E-state index in [1.165, 1.54) is 6.92 Å². The molecule has 150 valence electrons. The Labute approximate surface area is 154 Å². The summed E-state index contributed by atoms with van der Waals surface area (Å²) in [5.41, 5.74) is 0. The van der Waals surface area contributed by atoms with Crippen LogP contribution in [0.4, 0.5) is 0 Å².